The topological polar surface area (TPSA) is 67.4 Å². The van der Waals surface area contributed by atoms with Crippen molar-refractivity contribution >= 4 is 29.3 Å². The fourth-order valence-electron chi connectivity index (χ4n) is 6.44. The van der Waals surface area contributed by atoms with E-state index in [1.165, 1.54) is 55.3 Å². The van der Waals surface area contributed by atoms with E-state index in [-0.39, 0.29) is 28.9 Å². The van der Waals surface area contributed by atoms with Crippen molar-refractivity contribution in [2.45, 2.75) is 55.6 Å². The summed E-state index contributed by atoms with van der Waals surface area (Å²) in [5.74, 6) is 2.27. The molecule has 4 fully saturated rings. The van der Waals surface area contributed by atoms with Gasteiger partial charge in [0.1, 0.15) is 5.75 Å². The Balaban J connectivity index is 1.19. The molecular formula is C26H28F2N2O3S. The first-order valence-electron chi connectivity index (χ1n) is 11.8. The zero-order chi connectivity index (χ0) is 23.7. The second-order valence-electron chi connectivity index (χ2n) is 9.89. The molecule has 4 bridgehead atoms. The van der Waals surface area contributed by atoms with Crippen molar-refractivity contribution in [3.05, 3.63) is 54.1 Å². The van der Waals surface area contributed by atoms with Gasteiger partial charge in [0.05, 0.1) is 11.3 Å². The van der Waals surface area contributed by atoms with E-state index in [1.54, 1.807) is 12.1 Å². The third-order valence-electron chi connectivity index (χ3n) is 7.27. The maximum Gasteiger partial charge on any atom is 0.387 e. The Morgan fingerprint density at radius 2 is 1.59 bits per heavy atom. The number of halogens is 2. The molecule has 2 aromatic carbocycles. The zero-order valence-corrected chi connectivity index (χ0v) is 19.6. The molecule has 0 radical (unpaired) electrons. The molecule has 2 N–H and O–H groups in total. The summed E-state index contributed by atoms with van der Waals surface area (Å²) >= 11 is 1.36. The van der Waals surface area contributed by atoms with E-state index in [1.807, 2.05) is 12.1 Å². The second-order valence-corrected chi connectivity index (χ2v) is 10.9. The maximum atomic E-state index is 12.9. The molecule has 0 aliphatic heterocycles. The molecule has 180 valence electrons. The molecule has 0 heterocycles. The van der Waals surface area contributed by atoms with Gasteiger partial charge in [0.2, 0.25) is 5.91 Å². The lowest BCUT2D eigenvalue weighted by Gasteiger charge is -2.56. The maximum absolute atomic E-state index is 12.9. The van der Waals surface area contributed by atoms with E-state index in [9.17, 15) is 18.4 Å². The Kier molecular flexibility index (Phi) is 6.51. The molecule has 0 aromatic heterocycles. The Morgan fingerprint density at radius 3 is 2.21 bits per heavy atom. The van der Waals surface area contributed by atoms with Gasteiger partial charge in [-0.25, -0.2) is 0 Å². The predicted octanol–water partition coefficient (Wildman–Crippen LogP) is 5.72. The van der Waals surface area contributed by atoms with Crippen molar-refractivity contribution in [3.63, 3.8) is 0 Å². The molecule has 0 unspecified atom stereocenters. The number of thioether (sulfide) groups is 1. The zero-order valence-electron chi connectivity index (χ0n) is 18.8. The van der Waals surface area contributed by atoms with Crippen LogP contribution in [0.25, 0.3) is 0 Å². The Labute approximate surface area is 202 Å². The van der Waals surface area contributed by atoms with Gasteiger partial charge in [-0.05, 0) is 92.7 Å². The molecule has 34 heavy (non-hydrogen) atoms. The van der Waals surface area contributed by atoms with Crippen LogP contribution in [-0.4, -0.2) is 29.7 Å². The smallest absolute Gasteiger partial charge is 0.387 e. The first kappa shape index (κ1) is 23.1. The van der Waals surface area contributed by atoms with Crippen molar-refractivity contribution in [2.75, 3.05) is 11.1 Å². The minimum atomic E-state index is -2.90. The fraction of sp³-hybridized carbons (Fsp3) is 0.462. The van der Waals surface area contributed by atoms with Crippen LogP contribution in [0.15, 0.2) is 53.4 Å². The summed E-state index contributed by atoms with van der Waals surface area (Å²) in [5, 5.41) is 6.15. The number of nitrogens with one attached hydrogen (secondary N) is 2. The van der Waals surface area contributed by atoms with E-state index in [0.717, 1.165) is 41.9 Å². The quantitative estimate of drug-likeness (QED) is 0.469. The summed E-state index contributed by atoms with van der Waals surface area (Å²) < 4.78 is 29.0. The first-order chi connectivity index (χ1) is 16.4. The van der Waals surface area contributed by atoms with Gasteiger partial charge in [-0.3, -0.25) is 9.59 Å². The third kappa shape index (κ3) is 5.22. The Bertz CT molecular complexity index is 1020. The summed E-state index contributed by atoms with van der Waals surface area (Å²) in [6.07, 6.45) is 7.30. The largest absolute Gasteiger partial charge is 0.435 e. The molecule has 4 aliphatic rings. The highest BCUT2D eigenvalue weighted by Gasteiger charge is 2.51. The van der Waals surface area contributed by atoms with Crippen LogP contribution in [0.3, 0.4) is 0 Å². The lowest BCUT2D eigenvalue weighted by atomic mass is 9.53. The number of alkyl halides is 2. The number of anilines is 1. The Morgan fingerprint density at radius 1 is 0.971 bits per heavy atom. The van der Waals surface area contributed by atoms with Crippen LogP contribution in [0.1, 0.15) is 48.9 Å². The highest BCUT2D eigenvalue weighted by Crippen LogP contribution is 2.55. The first-order valence-corrected chi connectivity index (χ1v) is 12.8. The van der Waals surface area contributed by atoms with Gasteiger partial charge in [-0.15, -0.1) is 11.8 Å². The third-order valence-corrected chi connectivity index (χ3v) is 8.34. The van der Waals surface area contributed by atoms with Gasteiger partial charge in [0, 0.05) is 16.1 Å². The van der Waals surface area contributed by atoms with Crippen molar-refractivity contribution in [1.82, 2.24) is 5.32 Å². The normalized spacial score (nSPS) is 27.0. The average molecular weight is 487 g/mol. The van der Waals surface area contributed by atoms with E-state index in [0.29, 0.717) is 11.3 Å². The molecular weight excluding hydrogens is 458 g/mol. The van der Waals surface area contributed by atoms with Crippen molar-refractivity contribution in [3.8, 4) is 5.75 Å². The van der Waals surface area contributed by atoms with Crippen molar-refractivity contribution < 1.29 is 23.1 Å². The van der Waals surface area contributed by atoms with Crippen LogP contribution in [0, 0.1) is 17.8 Å². The van der Waals surface area contributed by atoms with Crippen LogP contribution in [0.5, 0.6) is 5.75 Å². The minimum absolute atomic E-state index is 0.0222. The van der Waals surface area contributed by atoms with Gasteiger partial charge >= 0.3 is 6.61 Å². The van der Waals surface area contributed by atoms with E-state index >= 15 is 0 Å². The molecule has 0 spiro atoms. The standard InChI is InChI=1S/C26H28F2N2O3S/c27-25(28)33-20-7-5-19(6-8-20)29-24(32)21-3-1-2-4-22(21)34-15-23(31)30-26-12-16-9-17(13-26)11-18(10-16)14-26/h1-8,16-18,25H,9-15H2,(H,29,32)(H,30,31). The monoisotopic (exact) mass is 486 g/mol. The van der Waals surface area contributed by atoms with Crippen LogP contribution in [0.4, 0.5) is 14.5 Å². The highest BCUT2D eigenvalue weighted by molar-refractivity contribution is 8.00. The molecule has 8 heteroatoms. The van der Waals surface area contributed by atoms with Crippen LogP contribution in [-0.2, 0) is 4.79 Å². The molecule has 4 saturated carbocycles. The van der Waals surface area contributed by atoms with E-state index in [4.69, 9.17) is 0 Å². The lowest BCUT2D eigenvalue weighted by molar-refractivity contribution is -0.124. The summed E-state index contributed by atoms with van der Waals surface area (Å²) in [4.78, 5) is 26.5. The fourth-order valence-corrected chi connectivity index (χ4v) is 7.29. The Hall–Kier alpha value is -2.61. The predicted molar refractivity (Wildman–Crippen MR) is 127 cm³/mol. The van der Waals surface area contributed by atoms with Crippen LogP contribution >= 0.6 is 11.8 Å². The summed E-state index contributed by atoms with van der Waals surface area (Å²) in [7, 11) is 0. The number of hydrogen-bond acceptors (Lipinski definition) is 4. The summed E-state index contributed by atoms with van der Waals surface area (Å²) in [6.45, 7) is -2.90. The number of benzene rings is 2. The molecule has 0 saturated heterocycles. The number of carbonyl (C=O) groups excluding carboxylic acids is 2. The summed E-state index contributed by atoms with van der Waals surface area (Å²) in [6, 6.07) is 12.9. The molecule has 2 amide bonds. The van der Waals surface area contributed by atoms with E-state index in [2.05, 4.69) is 15.4 Å². The SMILES string of the molecule is O=C(CSc1ccccc1C(=O)Nc1ccc(OC(F)F)cc1)NC12CC3CC(CC(C3)C1)C2. The van der Waals surface area contributed by atoms with Crippen molar-refractivity contribution in [1.29, 1.82) is 0 Å². The van der Waals surface area contributed by atoms with Gasteiger partial charge in [0.15, 0.2) is 0 Å². The molecule has 5 nitrogen and oxygen atoms in total. The summed E-state index contributed by atoms with van der Waals surface area (Å²) in [5.41, 5.74) is 0.901. The second kappa shape index (κ2) is 9.56. The average Bonchev–Trinajstić information content (AvgIpc) is 2.77. The number of amides is 2. The minimum Gasteiger partial charge on any atom is -0.435 e. The van der Waals surface area contributed by atoms with Gasteiger partial charge < -0.3 is 15.4 Å². The number of carbonyl (C=O) groups is 2. The number of ether oxygens (including phenoxy) is 1. The lowest BCUT2D eigenvalue weighted by Crippen LogP contribution is -2.60. The van der Waals surface area contributed by atoms with Crippen molar-refractivity contribution in [2.24, 2.45) is 17.8 Å². The number of hydrogen-bond donors (Lipinski definition) is 2. The van der Waals surface area contributed by atoms with Crippen LogP contribution in [0.2, 0.25) is 0 Å². The molecule has 6 rings (SSSR count). The van der Waals surface area contributed by atoms with Gasteiger partial charge in [-0.1, -0.05) is 12.1 Å². The van der Waals surface area contributed by atoms with Gasteiger partial charge in [0.25, 0.3) is 5.91 Å². The molecule has 0 atom stereocenters. The number of rotatable bonds is 8. The van der Waals surface area contributed by atoms with Gasteiger partial charge in [-0.2, -0.15) is 8.78 Å². The van der Waals surface area contributed by atoms with E-state index < -0.39 is 6.61 Å². The van der Waals surface area contributed by atoms with Crippen LogP contribution < -0.4 is 15.4 Å². The molecule has 4 aliphatic carbocycles. The highest BCUT2D eigenvalue weighted by atomic mass is 32.2. The molecule has 2 aromatic rings.